The summed E-state index contributed by atoms with van der Waals surface area (Å²) >= 11 is 5.95. The van der Waals surface area contributed by atoms with Crippen molar-refractivity contribution in [3.63, 3.8) is 0 Å². The minimum atomic E-state index is -0.544. The van der Waals surface area contributed by atoms with Crippen LogP contribution < -0.4 is 10.1 Å². The van der Waals surface area contributed by atoms with E-state index in [9.17, 15) is 4.79 Å². The van der Waals surface area contributed by atoms with Crippen molar-refractivity contribution in [3.05, 3.63) is 28.8 Å². The first-order valence-electron chi connectivity index (χ1n) is 6.88. The van der Waals surface area contributed by atoms with Crippen LogP contribution in [0.3, 0.4) is 0 Å². The van der Waals surface area contributed by atoms with Gasteiger partial charge >= 0.3 is 0 Å². The molecule has 1 N–H and O–H groups in total. The predicted octanol–water partition coefficient (Wildman–Crippen LogP) is 2.71. The van der Waals surface area contributed by atoms with E-state index in [-0.39, 0.29) is 12.0 Å². The van der Waals surface area contributed by atoms with E-state index < -0.39 is 6.10 Å². The van der Waals surface area contributed by atoms with Gasteiger partial charge in [0.05, 0.1) is 6.10 Å². The fraction of sp³-hybridized carbons (Fsp3) is 0.533. The van der Waals surface area contributed by atoms with E-state index in [4.69, 9.17) is 21.1 Å². The molecule has 1 fully saturated rings. The van der Waals surface area contributed by atoms with Crippen molar-refractivity contribution < 1.29 is 14.3 Å². The number of benzene rings is 1. The zero-order chi connectivity index (χ0) is 14.5. The first-order chi connectivity index (χ1) is 9.56. The molecule has 1 aromatic rings. The number of carbonyl (C=O) groups excluding carboxylic acids is 1. The van der Waals surface area contributed by atoms with Crippen LogP contribution in [-0.4, -0.2) is 31.3 Å². The van der Waals surface area contributed by atoms with Crippen LogP contribution in [-0.2, 0) is 9.53 Å². The molecule has 1 aliphatic heterocycles. The van der Waals surface area contributed by atoms with Gasteiger partial charge in [-0.05, 0) is 50.5 Å². The molecule has 0 aliphatic carbocycles. The van der Waals surface area contributed by atoms with Gasteiger partial charge in [-0.3, -0.25) is 4.79 Å². The maximum absolute atomic E-state index is 11.9. The van der Waals surface area contributed by atoms with E-state index in [2.05, 4.69) is 5.32 Å². The maximum atomic E-state index is 11.9. The van der Waals surface area contributed by atoms with Gasteiger partial charge in [0.1, 0.15) is 5.75 Å². The minimum absolute atomic E-state index is 0.131. The SMILES string of the molecule is Cc1cc(O[C@@H](C)C(=O)NC[C@H]2CCCO2)ccc1Cl. The Labute approximate surface area is 124 Å². The van der Waals surface area contributed by atoms with E-state index >= 15 is 0 Å². The number of halogens is 1. The average Bonchev–Trinajstić information content (AvgIpc) is 2.93. The summed E-state index contributed by atoms with van der Waals surface area (Å²) in [5.41, 5.74) is 0.927. The standard InChI is InChI=1S/C15H20ClNO3/c1-10-8-12(5-6-14(10)16)20-11(2)15(18)17-9-13-4-3-7-19-13/h5-6,8,11,13H,3-4,7,9H2,1-2H3,(H,17,18)/t11-,13+/m0/s1. The molecule has 5 heteroatoms. The topological polar surface area (TPSA) is 47.6 Å². The Morgan fingerprint density at radius 3 is 3.05 bits per heavy atom. The summed E-state index contributed by atoms with van der Waals surface area (Å²) in [5.74, 6) is 0.514. The van der Waals surface area contributed by atoms with Crippen LogP contribution in [0.25, 0.3) is 0 Å². The monoisotopic (exact) mass is 297 g/mol. The lowest BCUT2D eigenvalue weighted by molar-refractivity contribution is -0.127. The van der Waals surface area contributed by atoms with Crippen molar-refractivity contribution in [3.8, 4) is 5.75 Å². The molecule has 0 saturated carbocycles. The summed E-state index contributed by atoms with van der Waals surface area (Å²) in [5, 5.41) is 3.54. The molecule has 110 valence electrons. The van der Waals surface area contributed by atoms with Crippen LogP contribution in [0.5, 0.6) is 5.75 Å². The molecular weight excluding hydrogens is 278 g/mol. The summed E-state index contributed by atoms with van der Waals surface area (Å²) in [4.78, 5) is 11.9. The number of ether oxygens (including phenoxy) is 2. The molecular formula is C15H20ClNO3. The molecule has 0 unspecified atom stereocenters. The van der Waals surface area contributed by atoms with Crippen molar-refractivity contribution in [1.82, 2.24) is 5.32 Å². The second kappa shape index (κ2) is 6.95. The Morgan fingerprint density at radius 2 is 2.40 bits per heavy atom. The second-order valence-corrected chi connectivity index (χ2v) is 5.46. The van der Waals surface area contributed by atoms with Crippen LogP contribution in [0, 0.1) is 6.92 Å². The third-order valence-corrected chi connectivity index (χ3v) is 3.76. The zero-order valence-electron chi connectivity index (χ0n) is 11.8. The number of rotatable bonds is 5. The quantitative estimate of drug-likeness (QED) is 0.909. The molecule has 1 saturated heterocycles. The van der Waals surface area contributed by atoms with Crippen LogP contribution in [0.4, 0.5) is 0 Å². The van der Waals surface area contributed by atoms with Crippen molar-refractivity contribution >= 4 is 17.5 Å². The third kappa shape index (κ3) is 4.12. The Hall–Kier alpha value is -1.26. The highest BCUT2D eigenvalue weighted by molar-refractivity contribution is 6.31. The molecule has 4 nitrogen and oxygen atoms in total. The van der Waals surface area contributed by atoms with Crippen LogP contribution in [0.2, 0.25) is 5.02 Å². The number of nitrogens with one attached hydrogen (secondary N) is 1. The number of aryl methyl sites for hydroxylation is 1. The lowest BCUT2D eigenvalue weighted by Gasteiger charge is -2.17. The van der Waals surface area contributed by atoms with Crippen LogP contribution >= 0.6 is 11.6 Å². The summed E-state index contributed by atoms with van der Waals surface area (Å²) in [6, 6.07) is 5.36. The third-order valence-electron chi connectivity index (χ3n) is 3.34. The summed E-state index contributed by atoms with van der Waals surface area (Å²) in [7, 11) is 0. The smallest absolute Gasteiger partial charge is 0.260 e. The number of hydrogen-bond acceptors (Lipinski definition) is 3. The van der Waals surface area contributed by atoms with Gasteiger partial charge < -0.3 is 14.8 Å². The van der Waals surface area contributed by atoms with E-state index in [0.717, 1.165) is 25.0 Å². The molecule has 1 aliphatic rings. The largest absolute Gasteiger partial charge is 0.481 e. The minimum Gasteiger partial charge on any atom is -0.481 e. The highest BCUT2D eigenvalue weighted by atomic mass is 35.5. The fourth-order valence-electron chi connectivity index (χ4n) is 2.11. The molecule has 0 radical (unpaired) electrons. The van der Waals surface area contributed by atoms with Gasteiger partial charge in [-0.15, -0.1) is 0 Å². The molecule has 1 amide bonds. The Bertz CT molecular complexity index is 472. The molecule has 0 bridgehead atoms. The van der Waals surface area contributed by atoms with Crippen LogP contribution in [0.15, 0.2) is 18.2 Å². The molecule has 1 aromatic carbocycles. The zero-order valence-corrected chi connectivity index (χ0v) is 12.6. The number of hydrogen-bond donors (Lipinski definition) is 1. The molecule has 1 heterocycles. The summed E-state index contributed by atoms with van der Waals surface area (Å²) in [6.45, 7) is 4.97. The van der Waals surface area contributed by atoms with Crippen molar-refractivity contribution in [1.29, 1.82) is 0 Å². The lowest BCUT2D eigenvalue weighted by atomic mass is 10.2. The second-order valence-electron chi connectivity index (χ2n) is 5.05. The summed E-state index contributed by atoms with van der Waals surface area (Å²) in [6.07, 6.45) is 1.67. The van der Waals surface area contributed by atoms with E-state index in [0.29, 0.717) is 17.3 Å². The van der Waals surface area contributed by atoms with Gasteiger partial charge in [0.15, 0.2) is 6.10 Å². The first kappa shape index (κ1) is 15.1. The molecule has 20 heavy (non-hydrogen) atoms. The number of amides is 1. The normalized spacial score (nSPS) is 19.6. The van der Waals surface area contributed by atoms with Crippen molar-refractivity contribution in [2.45, 2.75) is 38.9 Å². The van der Waals surface area contributed by atoms with E-state index in [1.165, 1.54) is 0 Å². The van der Waals surface area contributed by atoms with Gasteiger partial charge in [-0.1, -0.05) is 11.6 Å². The molecule has 2 rings (SSSR count). The lowest BCUT2D eigenvalue weighted by Crippen LogP contribution is -2.40. The highest BCUT2D eigenvalue weighted by Gasteiger charge is 2.19. The van der Waals surface area contributed by atoms with E-state index in [1.54, 1.807) is 19.1 Å². The predicted molar refractivity (Wildman–Crippen MR) is 78.3 cm³/mol. The molecule has 0 spiro atoms. The van der Waals surface area contributed by atoms with Gasteiger partial charge in [0, 0.05) is 18.2 Å². The number of carbonyl (C=O) groups is 1. The van der Waals surface area contributed by atoms with Crippen molar-refractivity contribution in [2.24, 2.45) is 0 Å². The van der Waals surface area contributed by atoms with Crippen LogP contribution in [0.1, 0.15) is 25.3 Å². The summed E-state index contributed by atoms with van der Waals surface area (Å²) < 4.78 is 11.1. The molecule has 0 aromatic heterocycles. The van der Waals surface area contributed by atoms with Gasteiger partial charge in [0.25, 0.3) is 5.91 Å². The fourth-order valence-corrected chi connectivity index (χ4v) is 2.23. The highest BCUT2D eigenvalue weighted by Crippen LogP contribution is 2.21. The average molecular weight is 298 g/mol. The first-order valence-corrected chi connectivity index (χ1v) is 7.26. The maximum Gasteiger partial charge on any atom is 0.260 e. The Morgan fingerprint density at radius 1 is 1.60 bits per heavy atom. The Kier molecular flexibility index (Phi) is 5.26. The van der Waals surface area contributed by atoms with E-state index in [1.807, 2.05) is 13.0 Å². The molecule has 2 atom stereocenters. The van der Waals surface area contributed by atoms with Gasteiger partial charge in [-0.2, -0.15) is 0 Å². The van der Waals surface area contributed by atoms with Gasteiger partial charge in [0.2, 0.25) is 0 Å². The van der Waals surface area contributed by atoms with Crippen molar-refractivity contribution in [2.75, 3.05) is 13.2 Å². The van der Waals surface area contributed by atoms with Gasteiger partial charge in [-0.25, -0.2) is 0 Å². The Balaban J connectivity index is 1.81.